The number of halogens is 3. The molecule has 1 heterocycles. The first-order valence-corrected chi connectivity index (χ1v) is 7.99. The molecular weight excluding hydrogens is 351 g/mol. The van der Waals surface area contributed by atoms with Crippen LogP contribution in [0.3, 0.4) is 0 Å². The number of nitrogens with one attached hydrogen (secondary N) is 2. The molecule has 0 aliphatic rings. The lowest BCUT2D eigenvalue weighted by Gasteiger charge is -2.09. The average molecular weight is 363 g/mol. The van der Waals surface area contributed by atoms with Gasteiger partial charge in [0.15, 0.2) is 16.8 Å². The van der Waals surface area contributed by atoms with Crippen molar-refractivity contribution in [3.05, 3.63) is 64.9 Å². The van der Waals surface area contributed by atoms with Gasteiger partial charge in [0.05, 0.1) is 5.69 Å². The van der Waals surface area contributed by atoms with Crippen molar-refractivity contribution < 1.29 is 18.0 Å². The van der Waals surface area contributed by atoms with Crippen molar-refractivity contribution in [1.82, 2.24) is 4.98 Å². The molecule has 8 heteroatoms. The molecule has 0 bridgehead atoms. The molecule has 0 spiro atoms. The highest BCUT2D eigenvalue weighted by Crippen LogP contribution is 2.26. The lowest BCUT2D eigenvalue weighted by molar-refractivity contribution is 0.262. The Labute approximate surface area is 145 Å². The molecule has 0 fully saturated rings. The molecule has 0 saturated heterocycles. The van der Waals surface area contributed by atoms with Crippen molar-refractivity contribution in [3.63, 3.8) is 0 Å². The van der Waals surface area contributed by atoms with Gasteiger partial charge in [0, 0.05) is 11.1 Å². The minimum absolute atomic E-state index is 0.0443. The van der Waals surface area contributed by atoms with E-state index in [1.54, 1.807) is 6.20 Å². The van der Waals surface area contributed by atoms with Gasteiger partial charge in [-0.05, 0) is 42.3 Å². The van der Waals surface area contributed by atoms with Gasteiger partial charge in [-0.1, -0.05) is 12.1 Å². The Morgan fingerprint density at radius 1 is 0.960 bits per heavy atom. The summed E-state index contributed by atoms with van der Waals surface area (Å²) in [5.41, 5.74) is 0.641. The highest BCUT2D eigenvalue weighted by Gasteiger charge is 2.11. The van der Waals surface area contributed by atoms with Crippen molar-refractivity contribution in [2.75, 3.05) is 10.6 Å². The van der Waals surface area contributed by atoms with Crippen molar-refractivity contribution in [3.8, 4) is 11.1 Å². The van der Waals surface area contributed by atoms with E-state index in [9.17, 15) is 18.0 Å². The van der Waals surface area contributed by atoms with Crippen LogP contribution in [0.1, 0.15) is 4.88 Å². The van der Waals surface area contributed by atoms with Crippen LogP contribution in [0.5, 0.6) is 0 Å². The number of rotatable bonds is 3. The largest absolute Gasteiger partial charge is 0.325 e. The van der Waals surface area contributed by atoms with E-state index in [0.717, 1.165) is 23.1 Å². The molecule has 0 aliphatic carbocycles. The van der Waals surface area contributed by atoms with E-state index in [1.165, 1.54) is 29.5 Å². The fourth-order valence-corrected chi connectivity index (χ4v) is 2.79. The van der Waals surface area contributed by atoms with Gasteiger partial charge in [-0.25, -0.2) is 22.9 Å². The number of nitrogens with zero attached hydrogens (tertiary/aromatic N) is 1. The molecule has 25 heavy (non-hydrogen) atoms. The summed E-state index contributed by atoms with van der Waals surface area (Å²) in [4.78, 5) is 16.8. The topological polar surface area (TPSA) is 54.0 Å². The van der Waals surface area contributed by atoms with Gasteiger partial charge in [0.2, 0.25) is 0 Å². The number of amides is 2. The Morgan fingerprint density at radius 2 is 1.64 bits per heavy atom. The van der Waals surface area contributed by atoms with Gasteiger partial charge in [0.25, 0.3) is 0 Å². The minimum atomic E-state index is -1.02. The number of benzene rings is 2. The molecule has 2 aromatic carbocycles. The Balaban J connectivity index is 1.75. The molecule has 0 atom stereocenters. The first kappa shape index (κ1) is 17.0. The summed E-state index contributed by atoms with van der Waals surface area (Å²) in [6.07, 6.45) is 1.61. The summed E-state index contributed by atoms with van der Waals surface area (Å²) >= 11 is 1.29. The first-order valence-electron chi connectivity index (χ1n) is 7.18. The second-order valence-electron chi connectivity index (χ2n) is 5.18. The normalized spacial score (nSPS) is 10.6. The third-order valence-corrected chi connectivity index (χ3v) is 4.14. The molecule has 0 radical (unpaired) electrons. The molecule has 2 N–H and O–H groups in total. The summed E-state index contributed by atoms with van der Waals surface area (Å²) < 4.78 is 40.5. The van der Waals surface area contributed by atoms with Crippen LogP contribution in [-0.2, 0) is 0 Å². The lowest BCUT2D eigenvalue weighted by Crippen LogP contribution is -2.19. The highest BCUT2D eigenvalue weighted by atomic mass is 32.1. The van der Waals surface area contributed by atoms with E-state index in [1.807, 2.05) is 6.92 Å². The zero-order valence-electron chi connectivity index (χ0n) is 12.9. The number of urea groups is 1. The maximum absolute atomic E-state index is 14.2. The summed E-state index contributed by atoms with van der Waals surface area (Å²) in [5, 5.41) is 5.27. The van der Waals surface area contributed by atoms with Gasteiger partial charge in [-0.3, -0.25) is 5.32 Å². The molecule has 3 rings (SSSR count). The van der Waals surface area contributed by atoms with Crippen molar-refractivity contribution in [2.45, 2.75) is 6.92 Å². The number of carbonyl (C=O) groups excluding carboxylic acids is 1. The number of hydrogen-bond donors (Lipinski definition) is 2. The summed E-state index contributed by atoms with van der Waals surface area (Å²) in [5.74, 6) is -2.69. The van der Waals surface area contributed by atoms with Gasteiger partial charge < -0.3 is 5.32 Å². The maximum Gasteiger partial charge on any atom is 0.325 e. The molecule has 0 aliphatic heterocycles. The van der Waals surface area contributed by atoms with Crippen molar-refractivity contribution in [2.24, 2.45) is 0 Å². The monoisotopic (exact) mass is 363 g/mol. The Hall–Kier alpha value is -2.87. The van der Waals surface area contributed by atoms with Gasteiger partial charge in [-0.15, -0.1) is 11.3 Å². The predicted molar refractivity (Wildman–Crippen MR) is 91.2 cm³/mol. The predicted octanol–water partition coefficient (Wildman–Crippen LogP) is 5.18. The SMILES string of the molecule is Cc1cnc(NC(=O)Nc2ccc(-c3ccc(F)c(F)c3)cc2F)s1. The Kier molecular flexibility index (Phi) is 4.71. The standard InChI is InChI=1S/C17H12F3N3OS/c1-9-8-21-17(25-9)23-16(24)22-15-5-3-11(7-14(15)20)10-2-4-12(18)13(19)6-10/h2-8H,1H3,(H2,21,22,23,24). The van der Waals surface area contributed by atoms with Crippen LogP contribution in [-0.4, -0.2) is 11.0 Å². The lowest BCUT2D eigenvalue weighted by atomic mass is 10.0. The third-order valence-electron chi connectivity index (χ3n) is 3.31. The summed E-state index contributed by atoms with van der Waals surface area (Å²) in [6, 6.07) is 6.65. The maximum atomic E-state index is 14.2. The Bertz CT molecular complexity index is 943. The second-order valence-corrected chi connectivity index (χ2v) is 6.41. The number of aromatic nitrogens is 1. The van der Waals surface area contributed by atoms with E-state index < -0.39 is 23.5 Å². The first-order chi connectivity index (χ1) is 11.9. The molecular formula is C17H12F3N3OS. The zero-order valence-corrected chi connectivity index (χ0v) is 13.8. The smallest absolute Gasteiger partial charge is 0.305 e. The quantitative estimate of drug-likeness (QED) is 0.674. The highest BCUT2D eigenvalue weighted by molar-refractivity contribution is 7.15. The van der Waals surface area contributed by atoms with Gasteiger partial charge in [-0.2, -0.15) is 0 Å². The van der Waals surface area contributed by atoms with Crippen LogP contribution in [0.4, 0.5) is 28.8 Å². The van der Waals surface area contributed by atoms with Crippen LogP contribution in [0.2, 0.25) is 0 Å². The Morgan fingerprint density at radius 3 is 2.24 bits per heavy atom. The molecule has 0 unspecified atom stereocenters. The van der Waals surface area contributed by atoms with E-state index in [2.05, 4.69) is 15.6 Å². The number of anilines is 2. The second kappa shape index (κ2) is 6.94. The number of carbonyl (C=O) groups is 1. The molecule has 4 nitrogen and oxygen atoms in total. The van der Waals surface area contributed by atoms with E-state index in [-0.39, 0.29) is 5.69 Å². The summed E-state index contributed by atoms with van der Waals surface area (Å²) in [7, 11) is 0. The van der Waals surface area contributed by atoms with Crippen LogP contribution >= 0.6 is 11.3 Å². The van der Waals surface area contributed by atoms with E-state index >= 15 is 0 Å². The molecule has 1 aromatic heterocycles. The summed E-state index contributed by atoms with van der Waals surface area (Å²) in [6.45, 7) is 1.84. The molecule has 3 aromatic rings. The zero-order chi connectivity index (χ0) is 18.0. The third kappa shape index (κ3) is 3.97. The van der Waals surface area contributed by atoms with Crippen LogP contribution in [0, 0.1) is 24.4 Å². The van der Waals surface area contributed by atoms with E-state index in [4.69, 9.17) is 0 Å². The van der Waals surface area contributed by atoms with Gasteiger partial charge >= 0.3 is 6.03 Å². The van der Waals surface area contributed by atoms with Crippen LogP contribution in [0.15, 0.2) is 42.6 Å². The number of thiazole rings is 1. The minimum Gasteiger partial charge on any atom is -0.305 e. The molecule has 2 amide bonds. The van der Waals surface area contributed by atoms with E-state index in [0.29, 0.717) is 16.3 Å². The molecule has 0 saturated carbocycles. The fourth-order valence-electron chi connectivity index (χ4n) is 2.13. The van der Waals surface area contributed by atoms with Crippen molar-refractivity contribution in [1.29, 1.82) is 0 Å². The van der Waals surface area contributed by atoms with Crippen LogP contribution < -0.4 is 10.6 Å². The number of aryl methyl sites for hydroxylation is 1. The van der Waals surface area contributed by atoms with Crippen LogP contribution in [0.25, 0.3) is 11.1 Å². The van der Waals surface area contributed by atoms with Crippen molar-refractivity contribution >= 4 is 28.2 Å². The number of hydrogen-bond acceptors (Lipinski definition) is 3. The molecule has 128 valence electrons. The fraction of sp³-hybridized carbons (Fsp3) is 0.0588. The average Bonchev–Trinajstić information content (AvgIpc) is 2.97. The van der Waals surface area contributed by atoms with Gasteiger partial charge in [0.1, 0.15) is 5.82 Å².